The van der Waals surface area contributed by atoms with E-state index in [1.165, 1.54) is 0 Å². The van der Waals surface area contributed by atoms with Crippen molar-refractivity contribution in [2.24, 2.45) is 4.99 Å². The van der Waals surface area contributed by atoms with E-state index < -0.39 is 0 Å². The molecule has 1 amide bonds. The van der Waals surface area contributed by atoms with Gasteiger partial charge in [0.25, 0.3) is 0 Å². The molecule has 1 unspecified atom stereocenters. The molecule has 0 aliphatic carbocycles. The van der Waals surface area contributed by atoms with Crippen molar-refractivity contribution in [3.05, 3.63) is 46.8 Å². The summed E-state index contributed by atoms with van der Waals surface area (Å²) in [6.45, 7) is 7.19. The molecule has 0 saturated carbocycles. The monoisotopic (exact) mass is 329 g/mol. The van der Waals surface area contributed by atoms with Crippen LogP contribution >= 0.6 is 11.6 Å². The summed E-state index contributed by atoms with van der Waals surface area (Å²) in [7, 11) is 0. The molecule has 3 rings (SSSR count). The Bertz CT molecular complexity index is 749. The van der Waals surface area contributed by atoms with Crippen LogP contribution in [0.2, 0.25) is 5.02 Å². The maximum Gasteiger partial charge on any atom is 0.229 e. The quantitative estimate of drug-likeness (QED) is 0.858. The first kappa shape index (κ1) is 15.8. The normalized spacial score (nSPS) is 20.9. The fraction of sp³-hybridized carbons (Fsp3) is 0.333. The maximum atomic E-state index is 11.3. The summed E-state index contributed by atoms with van der Waals surface area (Å²) in [6, 6.07) is 6.22. The molecule has 1 atom stereocenters. The minimum Gasteiger partial charge on any atom is -0.365 e. The Hall–Kier alpha value is -2.07. The summed E-state index contributed by atoms with van der Waals surface area (Å²) in [5.41, 5.74) is 4.24. The zero-order valence-corrected chi connectivity index (χ0v) is 14.3. The van der Waals surface area contributed by atoms with Crippen molar-refractivity contribution in [2.45, 2.75) is 33.2 Å². The molecule has 0 saturated heterocycles. The maximum absolute atomic E-state index is 11.3. The number of carbonyl (C=O) groups is 1. The first-order valence-electron chi connectivity index (χ1n) is 7.83. The van der Waals surface area contributed by atoms with Crippen molar-refractivity contribution < 1.29 is 4.79 Å². The number of halogens is 1. The first-order chi connectivity index (χ1) is 11.0. The number of likely N-dealkylation sites (N-methyl/N-ethyl adjacent to an activating group) is 1. The lowest BCUT2D eigenvalue weighted by atomic mass is 9.93. The van der Waals surface area contributed by atoms with Gasteiger partial charge in [0.15, 0.2) is 0 Å². The molecular weight excluding hydrogens is 310 g/mol. The molecule has 0 bridgehead atoms. The highest BCUT2D eigenvalue weighted by molar-refractivity contribution is 6.31. The van der Waals surface area contributed by atoms with E-state index in [0.717, 1.165) is 34.1 Å². The fourth-order valence-corrected chi connectivity index (χ4v) is 3.30. The molecule has 0 spiro atoms. The van der Waals surface area contributed by atoms with Gasteiger partial charge in [-0.1, -0.05) is 23.7 Å². The molecule has 23 heavy (non-hydrogen) atoms. The second-order valence-corrected chi connectivity index (χ2v) is 6.24. The number of nitrogens with zero attached hydrogens (tertiary/aromatic N) is 2. The van der Waals surface area contributed by atoms with Crippen LogP contribution in [0.15, 0.2) is 41.2 Å². The summed E-state index contributed by atoms with van der Waals surface area (Å²) in [5.74, 6) is 0.626. The number of amides is 1. The molecule has 5 heteroatoms. The van der Waals surface area contributed by atoms with Crippen LogP contribution in [-0.2, 0) is 4.79 Å². The first-order valence-corrected chi connectivity index (χ1v) is 8.21. The number of rotatable bonds is 3. The lowest BCUT2D eigenvalue weighted by Gasteiger charge is -2.35. The van der Waals surface area contributed by atoms with Crippen molar-refractivity contribution in [1.29, 1.82) is 0 Å². The highest BCUT2D eigenvalue weighted by Gasteiger charge is 2.24. The van der Waals surface area contributed by atoms with Crippen molar-refractivity contribution in [1.82, 2.24) is 5.32 Å². The third kappa shape index (κ3) is 3.04. The molecule has 120 valence electrons. The molecule has 0 aromatic heterocycles. The van der Waals surface area contributed by atoms with E-state index in [9.17, 15) is 4.79 Å². The van der Waals surface area contributed by atoms with Crippen molar-refractivity contribution in [3.8, 4) is 0 Å². The number of allylic oxidation sites excluding steroid dienone is 1. The van der Waals surface area contributed by atoms with E-state index >= 15 is 0 Å². The van der Waals surface area contributed by atoms with Crippen LogP contribution in [0.3, 0.4) is 0 Å². The van der Waals surface area contributed by atoms with Gasteiger partial charge in [0.05, 0.1) is 0 Å². The van der Waals surface area contributed by atoms with E-state index in [0.29, 0.717) is 12.2 Å². The number of hydrogen-bond donors (Lipinski definition) is 1. The molecule has 0 radical (unpaired) electrons. The van der Waals surface area contributed by atoms with Crippen molar-refractivity contribution in [2.75, 3.05) is 11.4 Å². The van der Waals surface area contributed by atoms with Crippen LogP contribution in [0, 0.1) is 0 Å². The van der Waals surface area contributed by atoms with Crippen LogP contribution in [0.25, 0.3) is 5.57 Å². The van der Waals surface area contributed by atoms with Gasteiger partial charge in [-0.25, -0.2) is 4.99 Å². The lowest BCUT2D eigenvalue weighted by molar-refractivity contribution is -0.118. The van der Waals surface area contributed by atoms with Crippen LogP contribution in [-0.4, -0.2) is 24.2 Å². The number of aliphatic imine (C=N–C) groups is 1. The standard InChI is InChI=1S/C18H20ClN3O/c1-4-22-11(2)9-15(14-6-5-13(19)10-16(14)22)12(3)20-17-7-8-18(23)21-17/h5-7,9-11H,4,8H2,1-3H3,(H,21,23). The topological polar surface area (TPSA) is 44.7 Å². The smallest absolute Gasteiger partial charge is 0.229 e. The van der Waals surface area contributed by atoms with E-state index in [1.807, 2.05) is 31.2 Å². The summed E-state index contributed by atoms with van der Waals surface area (Å²) in [5, 5.41) is 3.50. The Balaban J connectivity index is 2.03. The van der Waals surface area contributed by atoms with Gasteiger partial charge in [-0.05, 0) is 39.0 Å². The fourth-order valence-electron chi connectivity index (χ4n) is 3.13. The highest BCUT2D eigenvalue weighted by atomic mass is 35.5. The Kier molecular flexibility index (Phi) is 4.26. The van der Waals surface area contributed by atoms with Crippen LogP contribution in [0.4, 0.5) is 5.69 Å². The molecule has 2 aliphatic heterocycles. The number of hydrogen-bond acceptors (Lipinski definition) is 3. The molecule has 0 fully saturated rings. The molecular formula is C18H20ClN3O. The van der Waals surface area contributed by atoms with E-state index in [2.05, 4.69) is 35.1 Å². The molecule has 1 N–H and O–H groups in total. The predicted octanol–water partition coefficient (Wildman–Crippen LogP) is 3.77. The van der Waals surface area contributed by atoms with Gasteiger partial charge in [-0.15, -0.1) is 0 Å². The van der Waals surface area contributed by atoms with Crippen LogP contribution in [0.1, 0.15) is 32.8 Å². The SMILES string of the molecule is CCN1c2cc(Cl)ccc2C(C(C)=NC2=CCC(=O)N2)=CC1C. The number of fused-ring (bicyclic) bond motifs is 1. The average molecular weight is 330 g/mol. The Morgan fingerprint density at radius 3 is 2.91 bits per heavy atom. The van der Waals surface area contributed by atoms with Gasteiger partial charge in [-0.3, -0.25) is 4.79 Å². The minimum atomic E-state index is -0.00752. The van der Waals surface area contributed by atoms with Crippen LogP contribution in [0.5, 0.6) is 0 Å². The van der Waals surface area contributed by atoms with Crippen LogP contribution < -0.4 is 10.2 Å². The summed E-state index contributed by atoms with van der Waals surface area (Å²) < 4.78 is 0. The molecule has 2 aliphatic rings. The molecule has 1 aromatic rings. The lowest BCUT2D eigenvalue weighted by Crippen LogP contribution is -2.35. The van der Waals surface area contributed by atoms with Gasteiger partial charge in [0.2, 0.25) is 5.91 Å². The average Bonchev–Trinajstić information content (AvgIpc) is 2.91. The van der Waals surface area contributed by atoms with Crippen molar-refractivity contribution in [3.63, 3.8) is 0 Å². The summed E-state index contributed by atoms with van der Waals surface area (Å²) in [6.07, 6.45) is 4.44. The zero-order chi connectivity index (χ0) is 16.6. The molecule has 1 aromatic carbocycles. The van der Waals surface area contributed by atoms with E-state index in [1.54, 1.807) is 0 Å². The second-order valence-electron chi connectivity index (χ2n) is 5.81. The number of anilines is 1. The number of benzene rings is 1. The second kappa shape index (κ2) is 6.20. The third-order valence-electron chi connectivity index (χ3n) is 4.23. The van der Waals surface area contributed by atoms with Gasteiger partial charge >= 0.3 is 0 Å². The highest BCUT2D eigenvalue weighted by Crippen LogP contribution is 2.36. The largest absolute Gasteiger partial charge is 0.365 e. The van der Waals surface area contributed by atoms with Gasteiger partial charge in [0.1, 0.15) is 5.82 Å². The predicted molar refractivity (Wildman–Crippen MR) is 95.9 cm³/mol. The Morgan fingerprint density at radius 2 is 2.26 bits per heavy atom. The van der Waals surface area contributed by atoms with Gasteiger partial charge in [-0.2, -0.15) is 0 Å². The summed E-state index contributed by atoms with van der Waals surface area (Å²) >= 11 is 6.19. The number of nitrogens with one attached hydrogen (secondary N) is 1. The van der Waals surface area contributed by atoms with Crippen molar-refractivity contribution >= 4 is 34.5 Å². The zero-order valence-electron chi connectivity index (χ0n) is 13.6. The third-order valence-corrected chi connectivity index (χ3v) is 4.46. The van der Waals surface area contributed by atoms with E-state index in [-0.39, 0.29) is 11.9 Å². The Morgan fingerprint density at radius 1 is 1.48 bits per heavy atom. The summed E-state index contributed by atoms with van der Waals surface area (Å²) in [4.78, 5) is 18.2. The Labute approximate surface area is 141 Å². The minimum absolute atomic E-state index is 0.00752. The van der Waals surface area contributed by atoms with Gasteiger partial charge in [0, 0.05) is 46.6 Å². The van der Waals surface area contributed by atoms with E-state index in [4.69, 9.17) is 11.6 Å². The van der Waals surface area contributed by atoms with Gasteiger partial charge < -0.3 is 10.2 Å². The molecule has 2 heterocycles. The molecule has 4 nitrogen and oxygen atoms in total. The number of carbonyl (C=O) groups excluding carboxylic acids is 1.